The van der Waals surface area contributed by atoms with Gasteiger partial charge in [-0.1, -0.05) is 28.7 Å². The Labute approximate surface area is 145 Å². The van der Waals surface area contributed by atoms with Crippen LogP contribution in [0.4, 0.5) is 0 Å². The Hall–Kier alpha value is 1.62. The maximum Gasteiger partial charge on any atom is 0.0336 e. The quantitative estimate of drug-likeness (QED) is 0.341. The minimum absolute atomic E-state index is 1.29. The highest BCUT2D eigenvalue weighted by Crippen LogP contribution is 2.29. The number of benzene rings is 1. The summed E-state index contributed by atoms with van der Waals surface area (Å²) in [7, 11) is 0. The van der Waals surface area contributed by atoms with Crippen LogP contribution >= 0.6 is 90.4 Å². The lowest BCUT2D eigenvalue weighted by Gasteiger charge is -2.06. The van der Waals surface area contributed by atoms with E-state index in [0.29, 0.717) is 0 Å². The lowest BCUT2D eigenvalue weighted by atomic mass is 10.1. The van der Waals surface area contributed by atoms with E-state index in [0.717, 1.165) is 0 Å². The Morgan fingerprint density at radius 3 is 2.47 bits per heavy atom. The fourth-order valence-corrected chi connectivity index (χ4v) is 2.94. The molecule has 0 bridgehead atoms. The van der Waals surface area contributed by atoms with Gasteiger partial charge in [0.2, 0.25) is 0 Å². The molecule has 0 saturated heterocycles. The summed E-state index contributed by atoms with van der Waals surface area (Å²) in [4.78, 5) is 0. The summed E-state index contributed by atoms with van der Waals surface area (Å²) in [6, 6.07) is 4.47. The maximum atomic E-state index is 2.40. The predicted octanol–water partition coefficient (Wildman–Crippen LogP) is 6.10. The van der Waals surface area contributed by atoms with Gasteiger partial charge in [0, 0.05) is 10.7 Å². The van der Waals surface area contributed by atoms with Gasteiger partial charge in [-0.2, -0.15) is 0 Å². The first kappa shape index (κ1) is 14.7. The molecule has 1 aromatic carbocycles. The van der Waals surface area contributed by atoms with Gasteiger partial charge < -0.3 is 0 Å². The molecule has 0 spiro atoms. The third-order valence-electron chi connectivity index (χ3n) is 1.83. The molecule has 0 aliphatic heterocycles. The zero-order valence-electron chi connectivity index (χ0n) is 7.90. The van der Waals surface area contributed by atoms with Crippen LogP contribution < -0.4 is 0 Å². The Balaban J connectivity index is 3.35. The molecule has 1 aromatic rings. The van der Waals surface area contributed by atoms with Gasteiger partial charge in [-0.3, -0.25) is 0 Å². The van der Waals surface area contributed by atoms with Crippen molar-refractivity contribution in [3.8, 4) is 0 Å². The van der Waals surface area contributed by atoms with Crippen LogP contribution in [-0.2, 0) is 0 Å². The number of hydrogen-bond donors (Lipinski definition) is 0. The fraction of sp³-hybridized carbons (Fsp3) is 0.0909. The van der Waals surface area contributed by atoms with Crippen LogP contribution in [-0.4, -0.2) is 0 Å². The van der Waals surface area contributed by atoms with E-state index in [9.17, 15) is 0 Å². The first-order valence-corrected chi connectivity index (χ1v) is 8.66. The second-order valence-electron chi connectivity index (χ2n) is 2.79. The molecule has 0 atom stereocenters. The SMILES string of the molecule is C/C=C(/I)c1cc(I)c(I)c(/C=C\I)c1. The van der Waals surface area contributed by atoms with Crippen molar-refractivity contribution in [3.05, 3.63) is 40.6 Å². The van der Waals surface area contributed by atoms with Crippen molar-refractivity contribution in [3.63, 3.8) is 0 Å². The number of halogens is 4. The molecule has 15 heavy (non-hydrogen) atoms. The zero-order valence-corrected chi connectivity index (χ0v) is 16.5. The zero-order chi connectivity index (χ0) is 11.4. The van der Waals surface area contributed by atoms with Crippen molar-refractivity contribution in [1.82, 2.24) is 0 Å². The van der Waals surface area contributed by atoms with Crippen LogP contribution in [0.25, 0.3) is 9.66 Å². The predicted molar refractivity (Wildman–Crippen MR) is 103 cm³/mol. The third-order valence-corrected chi connectivity index (χ3v) is 6.52. The van der Waals surface area contributed by atoms with Crippen LogP contribution in [0.2, 0.25) is 0 Å². The van der Waals surface area contributed by atoms with Gasteiger partial charge in [-0.05, 0) is 108 Å². The first-order valence-electron chi connectivity index (χ1n) is 4.18. The average molecular weight is 648 g/mol. The van der Waals surface area contributed by atoms with E-state index >= 15 is 0 Å². The molecule has 80 valence electrons. The molecule has 0 N–H and O–H groups in total. The van der Waals surface area contributed by atoms with Crippen molar-refractivity contribution in [2.24, 2.45) is 0 Å². The standard InChI is InChI=1S/C11H8I4/c1-2-9(13)8-5-7(3-4-12)11(15)10(14)6-8/h2-6H,1H3/b4-3-,9-2+. The van der Waals surface area contributed by atoms with E-state index in [2.05, 4.69) is 126 Å². The van der Waals surface area contributed by atoms with Crippen molar-refractivity contribution in [1.29, 1.82) is 0 Å². The molecule has 0 heterocycles. The topological polar surface area (TPSA) is 0 Å². The van der Waals surface area contributed by atoms with E-state index in [-0.39, 0.29) is 0 Å². The van der Waals surface area contributed by atoms with Gasteiger partial charge in [0.25, 0.3) is 0 Å². The van der Waals surface area contributed by atoms with Crippen LogP contribution in [0.15, 0.2) is 22.3 Å². The average Bonchev–Trinajstić information content (AvgIpc) is 2.23. The van der Waals surface area contributed by atoms with Gasteiger partial charge in [0.1, 0.15) is 0 Å². The Bertz CT molecular complexity index is 419. The van der Waals surface area contributed by atoms with Crippen molar-refractivity contribution in [2.45, 2.75) is 6.92 Å². The van der Waals surface area contributed by atoms with E-state index in [4.69, 9.17) is 0 Å². The molecule has 0 amide bonds. The summed E-state index contributed by atoms with van der Waals surface area (Å²) < 4.78 is 5.99. The van der Waals surface area contributed by atoms with Gasteiger partial charge in [0.15, 0.2) is 0 Å². The van der Waals surface area contributed by atoms with Crippen LogP contribution in [0.5, 0.6) is 0 Å². The molecule has 0 aliphatic rings. The lowest BCUT2D eigenvalue weighted by Crippen LogP contribution is -1.89. The first-order chi connectivity index (χ1) is 7.10. The molecule has 1 rings (SSSR count). The molecule has 0 nitrogen and oxygen atoms in total. The van der Waals surface area contributed by atoms with Crippen molar-refractivity contribution in [2.75, 3.05) is 0 Å². The van der Waals surface area contributed by atoms with Gasteiger partial charge in [0.05, 0.1) is 0 Å². The van der Waals surface area contributed by atoms with Crippen molar-refractivity contribution < 1.29 is 0 Å². The monoisotopic (exact) mass is 648 g/mol. The molecule has 4 heteroatoms. The lowest BCUT2D eigenvalue weighted by molar-refractivity contribution is 1.51. The van der Waals surface area contributed by atoms with Crippen molar-refractivity contribution >= 4 is 100 Å². The fourth-order valence-electron chi connectivity index (χ4n) is 1.10. The van der Waals surface area contributed by atoms with Crippen LogP contribution in [0, 0.1) is 7.14 Å². The third kappa shape index (κ3) is 4.09. The van der Waals surface area contributed by atoms with E-state index < -0.39 is 0 Å². The molecule has 0 fully saturated rings. The summed E-state index contributed by atoms with van der Waals surface area (Å²) >= 11 is 9.42. The van der Waals surface area contributed by atoms with Gasteiger partial charge >= 0.3 is 0 Å². The highest BCUT2D eigenvalue weighted by atomic mass is 127. The minimum atomic E-state index is 1.29. The van der Waals surface area contributed by atoms with E-state index in [1.165, 1.54) is 21.8 Å². The highest BCUT2D eigenvalue weighted by molar-refractivity contribution is 14.1. The summed E-state index contributed by atoms with van der Waals surface area (Å²) in [5.41, 5.74) is 2.59. The summed E-state index contributed by atoms with van der Waals surface area (Å²) in [5, 5.41) is 0. The van der Waals surface area contributed by atoms with E-state index in [1.807, 2.05) is 0 Å². The van der Waals surface area contributed by atoms with Crippen LogP contribution in [0.3, 0.4) is 0 Å². The Kier molecular flexibility index (Phi) is 6.99. The van der Waals surface area contributed by atoms with E-state index in [1.54, 1.807) is 0 Å². The molecule has 0 unspecified atom stereocenters. The molecular weight excluding hydrogens is 640 g/mol. The van der Waals surface area contributed by atoms with Gasteiger partial charge in [-0.15, -0.1) is 0 Å². The highest BCUT2D eigenvalue weighted by Gasteiger charge is 2.06. The summed E-state index contributed by atoms with van der Waals surface area (Å²) in [6.07, 6.45) is 4.28. The Morgan fingerprint density at radius 1 is 1.27 bits per heavy atom. The largest absolute Gasteiger partial charge is 0.0736 e. The second kappa shape index (κ2) is 7.14. The number of rotatable bonds is 2. The molecular formula is C11H8I4. The number of hydrogen-bond acceptors (Lipinski definition) is 0. The van der Waals surface area contributed by atoms with Crippen LogP contribution in [0.1, 0.15) is 18.1 Å². The smallest absolute Gasteiger partial charge is 0.0336 e. The van der Waals surface area contributed by atoms with Gasteiger partial charge in [-0.25, -0.2) is 0 Å². The molecule has 0 aromatic heterocycles. The minimum Gasteiger partial charge on any atom is -0.0736 e. The summed E-state index contributed by atoms with van der Waals surface area (Å²) in [6.45, 7) is 2.07. The number of allylic oxidation sites excluding steroid dienone is 1. The Morgan fingerprint density at radius 2 is 1.93 bits per heavy atom. The summed E-state index contributed by atoms with van der Waals surface area (Å²) in [5.74, 6) is 0. The molecule has 0 radical (unpaired) electrons. The second-order valence-corrected chi connectivity index (χ2v) is 6.91. The maximum absolute atomic E-state index is 2.40. The molecule has 0 aliphatic carbocycles. The normalized spacial score (nSPS) is 12.5. The molecule has 0 saturated carbocycles.